The summed E-state index contributed by atoms with van der Waals surface area (Å²) in [6.07, 6.45) is 1.70. The van der Waals surface area contributed by atoms with Gasteiger partial charge in [-0.05, 0) is 31.0 Å². The Kier molecular flexibility index (Phi) is 8.70. The van der Waals surface area contributed by atoms with E-state index >= 15 is 0 Å². The summed E-state index contributed by atoms with van der Waals surface area (Å²) in [5, 5.41) is 25.5. The first-order valence-electron chi connectivity index (χ1n) is 9.10. The van der Waals surface area contributed by atoms with Gasteiger partial charge in [-0.25, -0.2) is 0 Å². The molecule has 1 aromatic heterocycles. The van der Waals surface area contributed by atoms with E-state index in [4.69, 9.17) is 4.52 Å². The SMILES string of the molecule is CCOP(=O)(O)C(N[C@@H](Cc1c[nH]c2ccccc12)C(=O)[O-])c1ccccc1O.[Na+]. The van der Waals surface area contributed by atoms with Gasteiger partial charge in [0.1, 0.15) is 11.5 Å². The number of carbonyl (C=O) groups is 1. The zero-order chi connectivity index (χ0) is 21.0. The molecule has 2 aromatic carbocycles. The first-order chi connectivity index (χ1) is 13.8. The maximum atomic E-state index is 12.8. The van der Waals surface area contributed by atoms with Crippen molar-refractivity contribution < 1.29 is 58.5 Å². The Morgan fingerprint density at radius 1 is 1.23 bits per heavy atom. The van der Waals surface area contributed by atoms with E-state index < -0.39 is 25.4 Å². The summed E-state index contributed by atoms with van der Waals surface area (Å²) in [6, 6.07) is 12.0. The van der Waals surface area contributed by atoms with Crippen molar-refractivity contribution in [2.24, 2.45) is 0 Å². The number of nitrogens with one attached hydrogen (secondary N) is 2. The molecule has 30 heavy (non-hydrogen) atoms. The van der Waals surface area contributed by atoms with Crippen molar-refractivity contribution in [2.45, 2.75) is 25.2 Å². The summed E-state index contributed by atoms with van der Waals surface area (Å²) in [7, 11) is -4.35. The van der Waals surface area contributed by atoms with Crippen molar-refractivity contribution >= 4 is 24.5 Å². The molecule has 0 spiro atoms. The molecule has 1 heterocycles. The fourth-order valence-electron chi connectivity index (χ4n) is 3.26. The minimum absolute atomic E-state index is 0. The number of para-hydroxylation sites is 2. The number of carbonyl (C=O) groups excluding carboxylic acids is 1. The molecular weight excluding hydrogens is 418 g/mol. The number of carboxylic acids is 1. The number of phenolic OH excluding ortho intramolecular Hbond substituents is 1. The van der Waals surface area contributed by atoms with Crippen LogP contribution in [0.25, 0.3) is 10.9 Å². The van der Waals surface area contributed by atoms with Gasteiger partial charge in [0.25, 0.3) is 0 Å². The van der Waals surface area contributed by atoms with Crippen molar-refractivity contribution in [3.8, 4) is 5.75 Å². The van der Waals surface area contributed by atoms with Crippen molar-refractivity contribution in [3.05, 3.63) is 65.9 Å². The minimum atomic E-state index is -4.35. The molecule has 154 valence electrons. The van der Waals surface area contributed by atoms with Crippen LogP contribution in [-0.2, 0) is 20.3 Å². The van der Waals surface area contributed by atoms with Crippen LogP contribution in [0.1, 0.15) is 23.8 Å². The Labute approximate surface area is 196 Å². The number of H-pyrrole nitrogens is 1. The van der Waals surface area contributed by atoms with Gasteiger partial charge in [-0.15, -0.1) is 0 Å². The van der Waals surface area contributed by atoms with Crippen LogP contribution in [0.15, 0.2) is 54.7 Å². The van der Waals surface area contributed by atoms with Gasteiger partial charge >= 0.3 is 37.2 Å². The number of aliphatic carboxylic acids is 1. The summed E-state index contributed by atoms with van der Waals surface area (Å²) in [6.45, 7) is 1.49. The summed E-state index contributed by atoms with van der Waals surface area (Å²) < 4.78 is 17.8. The van der Waals surface area contributed by atoms with Crippen LogP contribution in [0.2, 0.25) is 0 Å². The topological polar surface area (TPSA) is 135 Å². The summed E-state index contributed by atoms with van der Waals surface area (Å²) in [5.41, 5.74) is 1.62. The average Bonchev–Trinajstić information content (AvgIpc) is 3.08. The van der Waals surface area contributed by atoms with Gasteiger partial charge in [-0.2, -0.15) is 0 Å². The maximum Gasteiger partial charge on any atom is 1.00 e. The third-order valence-corrected chi connectivity index (χ3v) is 6.32. The molecular formula is C20H22N2NaO6P. The number of hydrogen-bond acceptors (Lipinski definition) is 6. The molecule has 0 saturated heterocycles. The van der Waals surface area contributed by atoms with E-state index in [-0.39, 0.29) is 53.9 Å². The van der Waals surface area contributed by atoms with Crippen molar-refractivity contribution in [3.63, 3.8) is 0 Å². The van der Waals surface area contributed by atoms with Gasteiger partial charge in [0.15, 0.2) is 0 Å². The number of rotatable bonds is 9. The maximum absolute atomic E-state index is 12.8. The number of aromatic nitrogens is 1. The fourth-order valence-corrected chi connectivity index (χ4v) is 4.72. The number of carboxylic acid groups (broad SMARTS) is 1. The number of phenols is 1. The smallest absolute Gasteiger partial charge is 0.548 e. The second kappa shape index (κ2) is 10.6. The van der Waals surface area contributed by atoms with Gasteiger partial charge in [0, 0.05) is 22.7 Å². The Hall–Kier alpha value is -1.64. The van der Waals surface area contributed by atoms with Crippen molar-refractivity contribution in [2.75, 3.05) is 6.61 Å². The molecule has 3 aromatic rings. The Morgan fingerprint density at radius 2 is 1.90 bits per heavy atom. The summed E-state index contributed by atoms with van der Waals surface area (Å²) in [5.74, 6) is -3.13. The molecule has 3 atom stereocenters. The molecule has 0 aliphatic heterocycles. The predicted octanol–water partition coefficient (Wildman–Crippen LogP) is -0.951. The van der Waals surface area contributed by atoms with E-state index in [1.807, 2.05) is 24.3 Å². The third kappa shape index (κ3) is 5.53. The van der Waals surface area contributed by atoms with Gasteiger partial charge in [-0.1, -0.05) is 36.4 Å². The zero-order valence-corrected chi connectivity index (χ0v) is 19.6. The monoisotopic (exact) mass is 440 g/mol. The molecule has 0 fully saturated rings. The van der Waals surface area contributed by atoms with Crippen molar-refractivity contribution in [1.29, 1.82) is 0 Å². The van der Waals surface area contributed by atoms with Gasteiger partial charge < -0.3 is 29.4 Å². The molecule has 4 N–H and O–H groups in total. The summed E-state index contributed by atoms with van der Waals surface area (Å²) in [4.78, 5) is 25.3. The van der Waals surface area contributed by atoms with Gasteiger partial charge in [0.2, 0.25) is 0 Å². The quantitative estimate of drug-likeness (QED) is 0.249. The molecule has 10 heteroatoms. The van der Waals surface area contributed by atoms with E-state index in [1.54, 1.807) is 25.3 Å². The van der Waals surface area contributed by atoms with Crippen LogP contribution in [0.3, 0.4) is 0 Å². The summed E-state index contributed by atoms with van der Waals surface area (Å²) >= 11 is 0. The third-order valence-electron chi connectivity index (χ3n) is 4.61. The number of fused-ring (bicyclic) bond motifs is 1. The molecule has 0 amide bonds. The molecule has 2 unspecified atom stereocenters. The number of benzene rings is 2. The molecule has 0 aliphatic rings. The normalized spacial score (nSPS) is 15.1. The minimum Gasteiger partial charge on any atom is -0.548 e. The molecule has 8 nitrogen and oxygen atoms in total. The Balaban J connectivity index is 0.00000320. The van der Waals surface area contributed by atoms with Crippen LogP contribution in [0, 0.1) is 0 Å². The molecule has 0 bridgehead atoms. The van der Waals surface area contributed by atoms with Crippen LogP contribution >= 0.6 is 7.60 Å². The molecule has 0 aliphatic carbocycles. The fraction of sp³-hybridized carbons (Fsp3) is 0.250. The molecule has 0 radical (unpaired) electrons. The molecule has 0 saturated carbocycles. The molecule has 3 rings (SSSR count). The van der Waals surface area contributed by atoms with Crippen LogP contribution in [0.4, 0.5) is 0 Å². The second-order valence-electron chi connectivity index (χ2n) is 6.55. The first kappa shape index (κ1) is 24.6. The van der Waals surface area contributed by atoms with E-state index in [0.29, 0.717) is 5.56 Å². The van der Waals surface area contributed by atoms with E-state index in [0.717, 1.165) is 10.9 Å². The van der Waals surface area contributed by atoms with Gasteiger partial charge in [0.05, 0.1) is 18.6 Å². The second-order valence-corrected chi connectivity index (χ2v) is 8.45. The number of hydrogen-bond donors (Lipinski definition) is 4. The van der Waals surface area contributed by atoms with E-state index in [9.17, 15) is 24.5 Å². The van der Waals surface area contributed by atoms with Crippen LogP contribution in [0.5, 0.6) is 5.75 Å². The average molecular weight is 440 g/mol. The number of aromatic amines is 1. The van der Waals surface area contributed by atoms with E-state index in [1.165, 1.54) is 12.1 Å². The van der Waals surface area contributed by atoms with Crippen LogP contribution in [-0.4, -0.2) is 33.6 Å². The first-order valence-corrected chi connectivity index (χ1v) is 10.7. The Bertz CT molecular complexity index is 1060. The largest absolute Gasteiger partial charge is 1.00 e. The zero-order valence-electron chi connectivity index (χ0n) is 16.7. The van der Waals surface area contributed by atoms with Gasteiger partial charge in [-0.3, -0.25) is 9.88 Å². The van der Waals surface area contributed by atoms with Crippen LogP contribution < -0.4 is 40.0 Å². The predicted molar refractivity (Wildman–Crippen MR) is 106 cm³/mol. The number of aromatic hydroxyl groups is 1. The van der Waals surface area contributed by atoms with E-state index in [2.05, 4.69) is 10.3 Å². The Morgan fingerprint density at radius 3 is 2.57 bits per heavy atom. The standard InChI is InChI=1S/C20H23N2O6P.Na/c1-2-28-29(26,27)19(15-8-4-6-10-18(15)23)22-17(20(24)25)11-13-12-21-16-9-5-3-7-14(13)16;/h3-10,12,17,19,21-23H,2,11H2,1H3,(H,24,25)(H,26,27);/q;+1/p-1/t17-,19?;/m0./s1. The van der Waals surface area contributed by atoms with Crippen molar-refractivity contribution in [1.82, 2.24) is 10.3 Å².